The number of nitrogens with zero attached hydrogens (tertiary/aromatic N) is 4. The molecular weight excluding hydrogens is 288 g/mol. The van der Waals surface area contributed by atoms with Crippen molar-refractivity contribution in [2.45, 2.75) is 12.5 Å². The first-order valence-electron chi connectivity index (χ1n) is 7.86. The number of aromatic nitrogens is 1. The lowest BCUT2D eigenvalue weighted by Crippen LogP contribution is -2.23. The van der Waals surface area contributed by atoms with Gasteiger partial charge in [0.25, 0.3) is 0 Å². The van der Waals surface area contributed by atoms with E-state index in [1.807, 2.05) is 31.4 Å². The molecule has 118 valence electrons. The van der Waals surface area contributed by atoms with E-state index in [9.17, 15) is 5.11 Å². The summed E-state index contributed by atoms with van der Waals surface area (Å²) in [5, 5.41) is 9.67. The summed E-state index contributed by atoms with van der Waals surface area (Å²) in [5.74, 6) is 1.83. The maximum atomic E-state index is 9.67. The van der Waals surface area contributed by atoms with Crippen molar-refractivity contribution in [3.05, 3.63) is 55.0 Å². The van der Waals surface area contributed by atoms with E-state index in [1.165, 1.54) is 0 Å². The summed E-state index contributed by atoms with van der Waals surface area (Å²) in [7, 11) is 2.02. The smallest absolute Gasteiger partial charge is 0.128 e. The number of hydrogen-bond acceptors (Lipinski definition) is 5. The Morgan fingerprint density at radius 2 is 1.96 bits per heavy atom. The second-order valence-corrected chi connectivity index (χ2v) is 6.06. The number of aliphatic hydroxyl groups excluding tert-OH is 1. The van der Waals surface area contributed by atoms with Crippen molar-refractivity contribution in [1.29, 1.82) is 0 Å². The molecule has 0 spiro atoms. The Bertz CT molecular complexity index is 743. The first-order valence-corrected chi connectivity index (χ1v) is 7.86. The van der Waals surface area contributed by atoms with Gasteiger partial charge in [0, 0.05) is 20.1 Å². The molecule has 0 amide bonds. The van der Waals surface area contributed by atoms with E-state index < -0.39 is 0 Å². The minimum Gasteiger partial charge on any atom is -0.391 e. The van der Waals surface area contributed by atoms with Crippen LogP contribution in [0, 0.1) is 0 Å². The van der Waals surface area contributed by atoms with Crippen LogP contribution in [0.5, 0.6) is 0 Å². The van der Waals surface area contributed by atoms with Crippen LogP contribution in [0.15, 0.2) is 55.0 Å². The molecule has 1 unspecified atom stereocenters. The molecule has 1 aromatic heterocycles. The molecule has 1 fully saturated rings. The first kappa shape index (κ1) is 14.1. The maximum absolute atomic E-state index is 9.67. The zero-order valence-electron chi connectivity index (χ0n) is 13.2. The van der Waals surface area contributed by atoms with Crippen LogP contribution in [0.25, 0.3) is 0 Å². The van der Waals surface area contributed by atoms with Crippen molar-refractivity contribution in [3.8, 4) is 0 Å². The van der Waals surface area contributed by atoms with Gasteiger partial charge < -0.3 is 14.9 Å². The van der Waals surface area contributed by atoms with Crippen molar-refractivity contribution >= 4 is 22.9 Å². The van der Waals surface area contributed by atoms with Crippen LogP contribution in [0.4, 0.5) is 22.9 Å². The van der Waals surface area contributed by atoms with E-state index in [0.29, 0.717) is 6.54 Å². The monoisotopic (exact) mass is 308 g/mol. The lowest BCUT2D eigenvalue weighted by molar-refractivity contribution is 0.198. The summed E-state index contributed by atoms with van der Waals surface area (Å²) >= 11 is 0. The molecule has 1 saturated heterocycles. The van der Waals surface area contributed by atoms with Crippen LogP contribution in [-0.4, -0.2) is 36.3 Å². The fourth-order valence-electron chi connectivity index (χ4n) is 3.30. The van der Waals surface area contributed by atoms with Gasteiger partial charge in [-0.3, -0.25) is 4.90 Å². The van der Waals surface area contributed by atoms with Gasteiger partial charge in [0.05, 0.1) is 29.4 Å². The number of hydrogen-bond donors (Lipinski definition) is 1. The van der Waals surface area contributed by atoms with Gasteiger partial charge in [-0.15, -0.1) is 0 Å². The normalized spacial score (nSPS) is 20.3. The van der Waals surface area contributed by atoms with E-state index in [-0.39, 0.29) is 6.10 Å². The lowest BCUT2D eigenvalue weighted by atomic mass is 10.2. The average Bonchev–Trinajstić information content (AvgIpc) is 3.11. The summed E-state index contributed by atoms with van der Waals surface area (Å²) in [5.41, 5.74) is 3.26. The summed E-state index contributed by atoms with van der Waals surface area (Å²) in [6, 6.07) is 12.3. The van der Waals surface area contributed by atoms with Crippen molar-refractivity contribution in [2.75, 3.05) is 34.8 Å². The number of rotatable bonds is 2. The van der Waals surface area contributed by atoms with Gasteiger partial charge in [0.15, 0.2) is 0 Å². The van der Waals surface area contributed by atoms with Crippen molar-refractivity contribution in [3.63, 3.8) is 0 Å². The molecule has 0 aliphatic carbocycles. The fraction of sp³-hybridized carbons (Fsp3) is 0.278. The van der Waals surface area contributed by atoms with Gasteiger partial charge in [0.2, 0.25) is 0 Å². The molecule has 23 heavy (non-hydrogen) atoms. The number of β-amino-alcohol motifs (C(OH)–C–C–N with tert-alkyl or cyclic N) is 1. The van der Waals surface area contributed by atoms with E-state index in [1.54, 1.807) is 0 Å². The third kappa shape index (κ3) is 2.24. The minimum atomic E-state index is -0.240. The van der Waals surface area contributed by atoms with Crippen molar-refractivity contribution < 1.29 is 5.11 Å². The molecule has 4 rings (SSSR count). The predicted molar refractivity (Wildman–Crippen MR) is 93.2 cm³/mol. The fourth-order valence-corrected chi connectivity index (χ4v) is 3.30. The number of anilines is 4. The average molecular weight is 308 g/mol. The highest BCUT2D eigenvalue weighted by Gasteiger charge is 2.28. The summed E-state index contributed by atoms with van der Waals surface area (Å²) in [6.45, 7) is 5.72. The lowest BCUT2D eigenvalue weighted by Gasteiger charge is -2.23. The highest BCUT2D eigenvalue weighted by atomic mass is 16.3. The number of para-hydroxylation sites is 2. The van der Waals surface area contributed by atoms with Crippen LogP contribution in [0.3, 0.4) is 0 Å². The third-order valence-corrected chi connectivity index (χ3v) is 4.61. The Morgan fingerprint density at radius 3 is 2.61 bits per heavy atom. The number of pyridine rings is 1. The number of fused-ring (bicyclic) bond motifs is 1. The SMILES string of the molecule is C=C1N(C)c2ccccc2N1c1ccc(N2CCC(O)C2)nc1. The predicted octanol–water partition coefficient (Wildman–Crippen LogP) is 2.71. The maximum Gasteiger partial charge on any atom is 0.128 e. The van der Waals surface area contributed by atoms with E-state index in [2.05, 4.69) is 44.5 Å². The molecule has 1 aromatic carbocycles. The summed E-state index contributed by atoms with van der Waals surface area (Å²) in [4.78, 5) is 10.9. The Hall–Kier alpha value is -2.53. The molecule has 1 N–H and O–H groups in total. The number of aliphatic hydroxyl groups is 1. The van der Waals surface area contributed by atoms with Gasteiger partial charge in [-0.05, 0) is 30.7 Å². The number of benzene rings is 1. The molecule has 5 heteroatoms. The third-order valence-electron chi connectivity index (χ3n) is 4.61. The molecule has 2 aromatic rings. The second kappa shape index (κ2) is 5.28. The van der Waals surface area contributed by atoms with Crippen LogP contribution in [0.2, 0.25) is 0 Å². The second-order valence-electron chi connectivity index (χ2n) is 6.06. The topological polar surface area (TPSA) is 42.8 Å². The molecule has 0 radical (unpaired) electrons. The molecule has 1 atom stereocenters. The van der Waals surface area contributed by atoms with Crippen LogP contribution in [0.1, 0.15) is 6.42 Å². The van der Waals surface area contributed by atoms with Gasteiger partial charge in [-0.2, -0.15) is 0 Å². The van der Waals surface area contributed by atoms with Gasteiger partial charge >= 0.3 is 0 Å². The van der Waals surface area contributed by atoms with Crippen LogP contribution in [-0.2, 0) is 0 Å². The standard InChI is InChI=1S/C18H20N4O/c1-13-20(2)16-5-3-4-6-17(16)22(13)14-7-8-18(19-11-14)21-10-9-15(23)12-21/h3-8,11,15,23H,1,9-10,12H2,2H3. The Balaban J connectivity index is 1.65. The highest BCUT2D eigenvalue weighted by molar-refractivity contribution is 5.87. The quantitative estimate of drug-likeness (QED) is 0.924. The van der Waals surface area contributed by atoms with Gasteiger partial charge in [0.1, 0.15) is 11.6 Å². The van der Waals surface area contributed by atoms with Crippen molar-refractivity contribution in [2.24, 2.45) is 0 Å². The van der Waals surface area contributed by atoms with Gasteiger partial charge in [-0.25, -0.2) is 4.98 Å². The Morgan fingerprint density at radius 1 is 1.17 bits per heavy atom. The highest BCUT2D eigenvalue weighted by Crippen LogP contribution is 2.44. The zero-order valence-corrected chi connectivity index (χ0v) is 13.2. The van der Waals surface area contributed by atoms with E-state index in [0.717, 1.165) is 41.7 Å². The van der Waals surface area contributed by atoms with Crippen molar-refractivity contribution in [1.82, 2.24) is 4.98 Å². The molecule has 5 nitrogen and oxygen atoms in total. The van der Waals surface area contributed by atoms with Gasteiger partial charge in [-0.1, -0.05) is 18.7 Å². The molecule has 2 aliphatic heterocycles. The van der Waals surface area contributed by atoms with Crippen LogP contribution >= 0.6 is 0 Å². The first-order chi connectivity index (χ1) is 11.1. The zero-order chi connectivity index (χ0) is 16.0. The molecule has 0 bridgehead atoms. The summed E-state index contributed by atoms with van der Waals surface area (Å²) < 4.78 is 0. The van der Waals surface area contributed by atoms with Crippen LogP contribution < -0.4 is 14.7 Å². The summed E-state index contributed by atoms with van der Waals surface area (Å²) in [6.07, 6.45) is 2.45. The molecule has 2 aliphatic rings. The minimum absolute atomic E-state index is 0.240. The van der Waals surface area contributed by atoms with E-state index in [4.69, 9.17) is 0 Å². The Kier molecular flexibility index (Phi) is 3.23. The molecular formula is C18H20N4O. The Labute approximate surface area is 136 Å². The molecule has 0 saturated carbocycles. The largest absolute Gasteiger partial charge is 0.391 e. The van der Waals surface area contributed by atoms with E-state index >= 15 is 0 Å². The molecule has 3 heterocycles.